The summed E-state index contributed by atoms with van der Waals surface area (Å²) >= 11 is 0. The monoisotopic (exact) mass is 281 g/mol. The Morgan fingerprint density at radius 1 is 1.30 bits per heavy atom. The minimum Gasteiger partial charge on any atom is -0.497 e. The average Bonchev–Trinajstić information content (AvgIpc) is 2.46. The van der Waals surface area contributed by atoms with E-state index in [1.54, 1.807) is 21.1 Å². The lowest BCUT2D eigenvalue weighted by Gasteiger charge is -2.17. The van der Waals surface area contributed by atoms with E-state index >= 15 is 0 Å². The highest BCUT2D eigenvalue weighted by molar-refractivity contribution is 5.70. The molecule has 1 atom stereocenters. The number of ether oxygens (including phenoxy) is 3. The second-order valence-corrected chi connectivity index (χ2v) is 4.38. The predicted molar refractivity (Wildman–Crippen MR) is 77.3 cm³/mol. The van der Waals surface area contributed by atoms with Gasteiger partial charge in [-0.3, -0.25) is 4.79 Å². The number of methoxy groups -OCH3 is 2. The molecule has 0 saturated heterocycles. The molecule has 0 amide bonds. The SMILES string of the molecule is CCOC(=O)CC(Cc1cc(OC)ccc1OC)NC. The summed E-state index contributed by atoms with van der Waals surface area (Å²) in [5.41, 5.74) is 0.996. The van der Waals surface area contributed by atoms with E-state index in [2.05, 4.69) is 5.32 Å². The van der Waals surface area contributed by atoms with Gasteiger partial charge < -0.3 is 19.5 Å². The Kier molecular flexibility index (Phi) is 6.87. The average molecular weight is 281 g/mol. The van der Waals surface area contributed by atoms with Gasteiger partial charge in [-0.15, -0.1) is 0 Å². The first-order valence-electron chi connectivity index (χ1n) is 6.68. The molecule has 0 spiro atoms. The summed E-state index contributed by atoms with van der Waals surface area (Å²) < 4.78 is 15.5. The maximum Gasteiger partial charge on any atom is 0.307 e. The third kappa shape index (κ3) is 4.74. The number of carbonyl (C=O) groups is 1. The van der Waals surface area contributed by atoms with Crippen LogP contribution in [0.2, 0.25) is 0 Å². The van der Waals surface area contributed by atoms with E-state index in [1.807, 2.05) is 25.2 Å². The van der Waals surface area contributed by atoms with Gasteiger partial charge in [-0.1, -0.05) is 0 Å². The van der Waals surface area contributed by atoms with Gasteiger partial charge >= 0.3 is 5.97 Å². The van der Waals surface area contributed by atoms with Crippen molar-refractivity contribution in [3.63, 3.8) is 0 Å². The maximum absolute atomic E-state index is 11.6. The van der Waals surface area contributed by atoms with Crippen molar-refractivity contribution in [1.82, 2.24) is 5.32 Å². The summed E-state index contributed by atoms with van der Waals surface area (Å²) in [5.74, 6) is 1.36. The van der Waals surface area contributed by atoms with E-state index in [9.17, 15) is 4.79 Å². The van der Waals surface area contributed by atoms with E-state index in [-0.39, 0.29) is 12.0 Å². The van der Waals surface area contributed by atoms with E-state index in [0.717, 1.165) is 17.1 Å². The molecule has 0 aliphatic rings. The third-order valence-corrected chi connectivity index (χ3v) is 3.08. The van der Waals surface area contributed by atoms with Crippen LogP contribution in [0.5, 0.6) is 11.5 Å². The van der Waals surface area contributed by atoms with Crippen molar-refractivity contribution in [2.24, 2.45) is 0 Å². The van der Waals surface area contributed by atoms with Crippen LogP contribution in [0.25, 0.3) is 0 Å². The summed E-state index contributed by atoms with van der Waals surface area (Å²) in [6, 6.07) is 5.64. The van der Waals surface area contributed by atoms with Crippen LogP contribution in [0.4, 0.5) is 0 Å². The van der Waals surface area contributed by atoms with E-state index in [4.69, 9.17) is 14.2 Å². The maximum atomic E-state index is 11.6. The molecule has 1 aromatic carbocycles. The van der Waals surface area contributed by atoms with Gasteiger partial charge in [0.25, 0.3) is 0 Å². The normalized spacial score (nSPS) is 11.8. The molecule has 0 fully saturated rings. The summed E-state index contributed by atoms with van der Waals surface area (Å²) in [6.07, 6.45) is 0.986. The van der Waals surface area contributed by atoms with Crippen molar-refractivity contribution in [3.8, 4) is 11.5 Å². The number of rotatable bonds is 8. The Morgan fingerprint density at radius 2 is 2.05 bits per heavy atom. The summed E-state index contributed by atoms with van der Waals surface area (Å²) in [6.45, 7) is 2.20. The van der Waals surface area contributed by atoms with Crippen molar-refractivity contribution in [3.05, 3.63) is 23.8 Å². The van der Waals surface area contributed by atoms with E-state index in [0.29, 0.717) is 19.4 Å². The van der Waals surface area contributed by atoms with Gasteiger partial charge in [-0.2, -0.15) is 0 Å². The fraction of sp³-hybridized carbons (Fsp3) is 0.533. The van der Waals surface area contributed by atoms with Crippen molar-refractivity contribution in [1.29, 1.82) is 0 Å². The zero-order chi connectivity index (χ0) is 15.0. The van der Waals surface area contributed by atoms with Crippen LogP contribution in [-0.4, -0.2) is 39.9 Å². The predicted octanol–water partition coefficient (Wildman–Crippen LogP) is 1.79. The lowest BCUT2D eigenvalue weighted by molar-refractivity contribution is -0.143. The highest BCUT2D eigenvalue weighted by Crippen LogP contribution is 2.25. The van der Waals surface area contributed by atoms with Gasteiger partial charge in [0.2, 0.25) is 0 Å². The molecule has 0 radical (unpaired) electrons. The van der Waals surface area contributed by atoms with Crippen LogP contribution in [0.1, 0.15) is 18.9 Å². The van der Waals surface area contributed by atoms with Crippen LogP contribution in [0.3, 0.4) is 0 Å². The molecule has 112 valence electrons. The van der Waals surface area contributed by atoms with Gasteiger partial charge in [-0.25, -0.2) is 0 Å². The fourth-order valence-corrected chi connectivity index (χ4v) is 2.00. The number of carbonyl (C=O) groups excluding carboxylic acids is 1. The second kappa shape index (κ2) is 8.43. The Hall–Kier alpha value is -1.75. The first kappa shape index (κ1) is 16.3. The third-order valence-electron chi connectivity index (χ3n) is 3.08. The Balaban J connectivity index is 2.80. The molecule has 1 unspecified atom stereocenters. The minimum absolute atomic E-state index is 0.00458. The molecule has 1 N–H and O–H groups in total. The minimum atomic E-state index is -0.200. The lowest BCUT2D eigenvalue weighted by atomic mass is 10.0. The van der Waals surface area contributed by atoms with Crippen LogP contribution in [0.15, 0.2) is 18.2 Å². The molecule has 0 saturated carbocycles. The number of benzene rings is 1. The smallest absolute Gasteiger partial charge is 0.307 e. The standard InChI is InChI=1S/C15H23NO4/c1-5-20-15(17)10-12(16-2)8-11-9-13(18-3)6-7-14(11)19-4/h6-7,9,12,16H,5,8,10H2,1-4H3. The quantitative estimate of drug-likeness (QED) is 0.736. The van der Waals surface area contributed by atoms with Crippen molar-refractivity contribution < 1.29 is 19.0 Å². The molecule has 5 heteroatoms. The highest BCUT2D eigenvalue weighted by Gasteiger charge is 2.16. The van der Waals surface area contributed by atoms with Gasteiger partial charge in [-0.05, 0) is 44.2 Å². The zero-order valence-electron chi connectivity index (χ0n) is 12.6. The number of hydrogen-bond donors (Lipinski definition) is 1. The number of nitrogens with one attached hydrogen (secondary N) is 1. The Bertz CT molecular complexity index is 434. The van der Waals surface area contributed by atoms with Crippen molar-refractivity contribution >= 4 is 5.97 Å². The zero-order valence-corrected chi connectivity index (χ0v) is 12.6. The molecule has 0 heterocycles. The number of esters is 1. The highest BCUT2D eigenvalue weighted by atomic mass is 16.5. The van der Waals surface area contributed by atoms with E-state index < -0.39 is 0 Å². The molecule has 0 aliphatic carbocycles. The van der Waals surface area contributed by atoms with E-state index in [1.165, 1.54) is 0 Å². The van der Waals surface area contributed by atoms with Crippen molar-refractivity contribution in [2.75, 3.05) is 27.9 Å². The van der Waals surface area contributed by atoms with Crippen molar-refractivity contribution in [2.45, 2.75) is 25.8 Å². The molecular weight excluding hydrogens is 258 g/mol. The van der Waals surface area contributed by atoms with Gasteiger partial charge in [0.05, 0.1) is 27.2 Å². The first-order valence-corrected chi connectivity index (χ1v) is 6.68. The molecular formula is C15H23NO4. The van der Waals surface area contributed by atoms with Crippen LogP contribution < -0.4 is 14.8 Å². The summed E-state index contributed by atoms with van der Waals surface area (Å²) in [5, 5.41) is 3.13. The molecule has 20 heavy (non-hydrogen) atoms. The van der Waals surface area contributed by atoms with Crippen LogP contribution >= 0.6 is 0 Å². The Labute approximate surface area is 120 Å². The number of likely N-dealkylation sites (N-methyl/N-ethyl adjacent to an activating group) is 1. The van der Waals surface area contributed by atoms with Crippen LogP contribution in [-0.2, 0) is 16.0 Å². The molecule has 0 aliphatic heterocycles. The number of hydrogen-bond acceptors (Lipinski definition) is 5. The van der Waals surface area contributed by atoms with Gasteiger partial charge in [0.15, 0.2) is 0 Å². The summed E-state index contributed by atoms with van der Waals surface area (Å²) in [7, 11) is 5.08. The summed E-state index contributed by atoms with van der Waals surface area (Å²) in [4.78, 5) is 11.6. The lowest BCUT2D eigenvalue weighted by Crippen LogP contribution is -2.31. The van der Waals surface area contributed by atoms with Gasteiger partial charge in [0, 0.05) is 6.04 Å². The van der Waals surface area contributed by atoms with Gasteiger partial charge in [0.1, 0.15) is 11.5 Å². The largest absolute Gasteiger partial charge is 0.497 e. The molecule has 1 rings (SSSR count). The second-order valence-electron chi connectivity index (χ2n) is 4.38. The van der Waals surface area contributed by atoms with Crippen LogP contribution in [0, 0.1) is 0 Å². The molecule has 0 bridgehead atoms. The fourth-order valence-electron chi connectivity index (χ4n) is 2.00. The molecule has 1 aromatic rings. The molecule has 0 aromatic heterocycles. The topological polar surface area (TPSA) is 56.8 Å². The Morgan fingerprint density at radius 3 is 2.60 bits per heavy atom. The molecule has 5 nitrogen and oxygen atoms in total. The first-order chi connectivity index (χ1) is 9.64.